The lowest BCUT2D eigenvalue weighted by Gasteiger charge is -2.08. The van der Waals surface area contributed by atoms with Gasteiger partial charge in [0.15, 0.2) is 0 Å². The summed E-state index contributed by atoms with van der Waals surface area (Å²) in [5, 5.41) is 3.34. The summed E-state index contributed by atoms with van der Waals surface area (Å²) in [6, 6.07) is 0. The molecule has 84 valence electrons. The Morgan fingerprint density at radius 2 is 2.47 bits per heavy atom. The van der Waals surface area contributed by atoms with Gasteiger partial charge >= 0.3 is 0 Å². The van der Waals surface area contributed by atoms with E-state index < -0.39 is 0 Å². The van der Waals surface area contributed by atoms with Crippen LogP contribution in [-0.4, -0.2) is 29.8 Å². The van der Waals surface area contributed by atoms with Crippen molar-refractivity contribution in [2.24, 2.45) is 5.92 Å². The standard InChI is InChI=1S/C11H19N3O/c1-15-5-4-12-6-11-7-13-9-14(11)8-10-2-3-10/h7,9-10,12H,2-6,8H2,1H3. The topological polar surface area (TPSA) is 39.1 Å². The minimum atomic E-state index is 0.761. The smallest absolute Gasteiger partial charge is 0.0948 e. The maximum absolute atomic E-state index is 4.98. The molecule has 0 amide bonds. The molecule has 2 rings (SSSR count). The molecule has 15 heavy (non-hydrogen) atoms. The fourth-order valence-corrected chi connectivity index (χ4v) is 1.63. The van der Waals surface area contributed by atoms with Crippen LogP contribution in [0.25, 0.3) is 0 Å². The maximum Gasteiger partial charge on any atom is 0.0948 e. The summed E-state index contributed by atoms with van der Waals surface area (Å²) in [4.78, 5) is 4.19. The lowest BCUT2D eigenvalue weighted by molar-refractivity contribution is 0.199. The molecule has 1 fully saturated rings. The molecule has 0 unspecified atom stereocenters. The fourth-order valence-electron chi connectivity index (χ4n) is 1.63. The van der Waals surface area contributed by atoms with E-state index in [0.717, 1.165) is 32.2 Å². The van der Waals surface area contributed by atoms with Crippen LogP contribution in [-0.2, 0) is 17.8 Å². The Morgan fingerprint density at radius 3 is 3.20 bits per heavy atom. The van der Waals surface area contributed by atoms with Crippen LogP contribution in [0.15, 0.2) is 12.5 Å². The van der Waals surface area contributed by atoms with Crippen molar-refractivity contribution in [3.63, 3.8) is 0 Å². The monoisotopic (exact) mass is 209 g/mol. The number of ether oxygens (including phenoxy) is 1. The van der Waals surface area contributed by atoms with Crippen molar-refractivity contribution in [3.8, 4) is 0 Å². The van der Waals surface area contributed by atoms with Gasteiger partial charge in [0, 0.05) is 32.9 Å². The van der Waals surface area contributed by atoms with Crippen LogP contribution >= 0.6 is 0 Å². The molecule has 0 saturated heterocycles. The molecule has 1 N–H and O–H groups in total. The molecular weight excluding hydrogens is 190 g/mol. The molecule has 1 aliphatic carbocycles. The molecule has 0 bridgehead atoms. The fraction of sp³-hybridized carbons (Fsp3) is 0.727. The van der Waals surface area contributed by atoms with Crippen LogP contribution in [0, 0.1) is 5.92 Å². The maximum atomic E-state index is 4.98. The second-order valence-corrected chi connectivity index (χ2v) is 4.15. The first-order chi connectivity index (χ1) is 7.40. The van der Waals surface area contributed by atoms with Crippen LogP contribution in [0.3, 0.4) is 0 Å². The first-order valence-electron chi connectivity index (χ1n) is 5.59. The van der Waals surface area contributed by atoms with Gasteiger partial charge in [0.25, 0.3) is 0 Å². The van der Waals surface area contributed by atoms with Gasteiger partial charge in [0.1, 0.15) is 0 Å². The Hall–Kier alpha value is -0.870. The quantitative estimate of drug-likeness (QED) is 0.682. The third-order valence-corrected chi connectivity index (χ3v) is 2.74. The zero-order valence-electron chi connectivity index (χ0n) is 9.28. The molecule has 4 nitrogen and oxygen atoms in total. The highest BCUT2D eigenvalue weighted by molar-refractivity contribution is 4.99. The Labute approximate surface area is 90.6 Å². The predicted octanol–water partition coefficient (Wildman–Crippen LogP) is 1.03. The highest BCUT2D eigenvalue weighted by Crippen LogP contribution is 2.30. The molecule has 1 saturated carbocycles. The molecule has 4 heteroatoms. The number of nitrogens with zero attached hydrogens (tertiary/aromatic N) is 2. The number of nitrogens with one attached hydrogen (secondary N) is 1. The van der Waals surface area contributed by atoms with Crippen LogP contribution in [0.2, 0.25) is 0 Å². The van der Waals surface area contributed by atoms with Crippen molar-refractivity contribution in [3.05, 3.63) is 18.2 Å². The van der Waals surface area contributed by atoms with E-state index in [1.807, 2.05) is 12.5 Å². The van der Waals surface area contributed by atoms with Gasteiger partial charge < -0.3 is 14.6 Å². The SMILES string of the molecule is COCCNCc1cncn1CC1CC1. The van der Waals surface area contributed by atoms with E-state index in [1.165, 1.54) is 18.5 Å². The van der Waals surface area contributed by atoms with Crippen LogP contribution in [0.1, 0.15) is 18.5 Å². The Balaban J connectivity index is 1.76. The van der Waals surface area contributed by atoms with Gasteiger partial charge in [-0.25, -0.2) is 4.98 Å². The van der Waals surface area contributed by atoms with Crippen molar-refractivity contribution in [2.75, 3.05) is 20.3 Å². The lowest BCUT2D eigenvalue weighted by Crippen LogP contribution is -2.20. The molecule has 0 aliphatic heterocycles. The van der Waals surface area contributed by atoms with Crippen molar-refractivity contribution < 1.29 is 4.74 Å². The number of rotatable bonds is 7. The highest BCUT2D eigenvalue weighted by atomic mass is 16.5. The van der Waals surface area contributed by atoms with Crippen LogP contribution in [0.5, 0.6) is 0 Å². The van der Waals surface area contributed by atoms with E-state index in [-0.39, 0.29) is 0 Å². The molecule has 0 aromatic carbocycles. The summed E-state index contributed by atoms with van der Waals surface area (Å²) < 4.78 is 7.24. The lowest BCUT2D eigenvalue weighted by atomic mass is 10.4. The van der Waals surface area contributed by atoms with Crippen molar-refractivity contribution >= 4 is 0 Å². The van der Waals surface area contributed by atoms with Gasteiger partial charge in [-0.15, -0.1) is 0 Å². The van der Waals surface area contributed by atoms with E-state index in [2.05, 4.69) is 14.9 Å². The van der Waals surface area contributed by atoms with E-state index in [1.54, 1.807) is 7.11 Å². The second kappa shape index (κ2) is 5.28. The van der Waals surface area contributed by atoms with Crippen molar-refractivity contribution in [1.29, 1.82) is 0 Å². The summed E-state index contributed by atoms with van der Waals surface area (Å²) in [6.45, 7) is 3.68. The number of aromatic nitrogens is 2. The third-order valence-electron chi connectivity index (χ3n) is 2.74. The molecule has 1 heterocycles. The van der Waals surface area contributed by atoms with Crippen LogP contribution in [0.4, 0.5) is 0 Å². The minimum absolute atomic E-state index is 0.761. The average Bonchev–Trinajstić information content (AvgIpc) is 2.94. The van der Waals surface area contributed by atoms with Gasteiger partial charge in [0.2, 0.25) is 0 Å². The zero-order chi connectivity index (χ0) is 10.5. The molecular formula is C11H19N3O. The summed E-state index contributed by atoms with van der Waals surface area (Å²) >= 11 is 0. The van der Waals surface area contributed by atoms with Crippen molar-refractivity contribution in [2.45, 2.75) is 25.9 Å². The Kier molecular flexibility index (Phi) is 3.75. The first kappa shape index (κ1) is 10.6. The predicted molar refractivity (Wildman–Crippen MR) is 58.5 cm³/mol. The normalized spacial score (nSPS) is 15.8. The third kappa shape index (κ3) is 3.32. The molecule has 1 aromatic rings. The van der Waals surface area contributed by atoms with E-state index in [4.69, 9.17) is 4.74 Å². The minimum Gasteiger partial charge on any atom is -0.383 e. The number of imidazole rings is 1. The van der Waals surface area contributed by atoms with E-state index in [9.17, 15) is 0 Å². The molecule has 0 spiro atoms. The number of hydrogen-bond acceptors (Lipinski definition) is 3. The zero-order valence-corrected chi connectivity index (χ0v) is 9.28. The first-order valence-corrected chi connectivity index (χ1v) is 5.59. The molecule has 0 atom stereocenters. The van der Waals surface area contributed by atoms with Crippen molar-refractivity contribution in [1.82, 2.24) is 14.9 Å². The Morgan fingerprint density at radius 1 is 1.60 bits per heavy atom. The Bertz CT molecular complexity index is 294. The summed E-state index contributed by atoms with van der Waals surface area (Å²) in [5.41, 5.74) is 1.28. The number of methoxy groups -OCH3 is 1. The second-order valence-electron chi connectivity index (χ2n) is 4.15. The highest BCUT2D eigenvalue weighted by Gasteiger charge is 2.22. The number of hydrogen-bond donors (Lipinski definition) is 1. The molecule has 1 aliphatic rings. The molecule has 0 radical (unpaired) electrons. The largest absolute Gasteiger partial charge is 0.383 e. The summed E-state index contributed by atoms with van der Waals surface area (Å²) in [6.07, 6.45) is 6.65. The van der Waals surface area contributed by atoms with Crippen LogP contribution < -0.4 is 5.32 Å². The molecule has 1 aromatic heterocycles. The van der Waals surface area contributed by atoms with Gasteiger partial charge in [-0.1, -0.05) is 0 Å². The van der Waals surface area contributed by atoms with E-state index in [0.29, 0.717) is 0 Å². The van der Waals surface area contributed by atoms with Gasteiger partial charge in [-0.2, -0.15) is 0 Å². The van der Waals surface area contributed by atoms with Gasteiger partial charge in [0.05, 0.1) is 18.6 Å². The van der Waals surface area contributed by atoms with E-state index >= 15 is 0 Å². The van der Waals surface area contributed by atoms with Gasteiger partial charge in [-0.05, 0) is 18.8 Å². The summed E-state index contributed by atoms with van der Waals surface area (Å²) in [5.74, 6) is 0.900. The van der Waals surface area contributed by atoms with Gasteiger partial charge in [-0.3, -0.25) is 0 Å². The summed E-state index contributed by atoms with van der Waals surface area (Å²) in [7, 11) is 1.72. The average molecular weight is 209 g/mol.